The summed E-state index contributed by atoms with van der Waals surface area (Å²) in [6.45, 7) is 3.94. The van der Waals surface area contributed by atoms with E-state index in [1.807, 2.05) is 53.6 Å². The maximum Gasteiger partial charge on any atom is 0.273 e. The van der Waals surface area contributed by atoms with Gasteiger partial charge >= 0.3 is 0 Å². The highest BCUT2D eigenvalue weighted by Crippen LogP contribution is 2.39. The van der Waals surface area contributed by atoms with Gasteiger partial charge in [0, 0.05) is 61.7 Å². The normalized spacial score (nSPS) is 15.9. The Morgan fingerprint density at radius 1 is 1.07 bits per heavy atom. The van der Waals surface area contributed by atoms with Crippen LogP contribution in [0, 0.1) is 5.92 Å². The van der Waals surface area contributed by atoms with Crippen molar-refractivity contribution in [3.8, 4) is 16.9 Å². The van der Waals surface area contributed by atoms with Crippen LogP contribution in [0.3, 0.4) is 0 Å². The third-order valence-corrected chi connectivity index (χ3v) is 7.76. The second-order valence-corrected chi connectivity index (χ2v) is 10.6. The minimum Gasteiger partial charge on any atom is -0.494 e. The van der Waals surface area contributed by atoms with Gasteiger partial charge in [0.1, 0.15) is 5.75 Å². The molecule has 12 heteroatoms. The number of para-hydroxylation sites is 1. The van der Waals surface area contributed by atoms with E-state index in [1.54, 1.807) is 13.2 Å². The molecule has 0 bridgehead atoms. The number of amides is 2. The second kappa shape index (κ2) is 11.6. The molecule has 4 aromatic rings. The summed E-state index contributed by atoms with van der Waals surface area (Å²) >= 11 is 0. The summed E-state index contributed by atoms with van der Waals surface area (Å²) in [6.07, 6.45) is 7.43. The molecule has 216 valence electrons. The third-order valence-electron chi connectivity index (χ3n) is 7.76. The van der Waals surface area contributed by atoms with Gasteiger partial charge in [0.25, 0.3) is 5.91 Å². The lowest BCUT2D eigenvalue weighted by atomic mass is 10.0. The highest BCUT2D eigenvalue weighted by molar-refractivity contribution is 6.00. The number of ether oxygens (including phenoxy) is 1. The van der Waals surface area contributed by atoms with Gasteiger partial charge in [-0.3, -0.25) is 24.2 Å². The second-order valence-electron chi connectivity index (χ2n) is 10.6. The number of anilines is 3. The maximum absolute atomic E-state index is 12.6. The highest BCUT2D eigenvalue weighted by Gasteiger charge is 2.33. The monoisotopic (exact) mass is 567 g/mol. The molecule has 1 atom stereocenters. The standard InChI is InChI=1S/C30H33N9O3/c1-18(23-8-4-5-12-32-23)38-16-21(17-38)39-15-20(14-33-39)22-7-6-9-24(28(22)42-3)34-25-13-26(35-29(40)19-10-11-19)36-37-27(25)30(41)31-2/h4-9,12-15,18-19,21H,10-11,16-17H2,1-3H3,(H,31,41)(H2,34,35,36,40). The highest BCUT2D eigenvalue weighted by atomic mass is 16.5. The maximum atomic E-state index is 12.6. The van der Waals surface area contributed by atoms with E-state index in [4.69, 9.17) is 4.74 Å². The van der Waals surface area contributed by atoms with Crippen molar-refractivity contribution in [3.63, 3.8) is 0 Å². The zero-order valence-corrected chi connectivity index (χ0v) is 23.7. The van der Waals surface area contributed by atoms with Crippen LogP contribution in [-0.2, 0) is 4.79 Å². The summed E-state index contributed by atoms with van der Waals surface area (Å²) in [5.41, 5.74) is 3.92. The fourth-order valence-corrected chi connectivity index (χ4v) is 5.09. The third kappa shape index (κ3) is 5.53. The first-order chi connectivity index (χ1) is 20.4. The first kappa shape index (κ1) is 27.3. The molecule has 3 aromatic heterocycles. The van der Waals surface area contributed by atoms with Gasteiger partial charge in [-0.2, -0.15) is 5.10 Å². The van der Waals surface area contributed by atoms with Crippen LogP contribution in [0.4, 0.5) is 17.2 Å². The van der Waals surface area contributed by atoms with E-state index in [0.29, 0.717) is 17.1 Å². The number of carbonyl (C=O) groups excluding carboxylic acids is 2. The van der Waals surface area contributed by atoms with Gasteiger partial charge < -0.3 is 20.7 Å². The molecule has 12 nitrogen and oxygen atoms in total. The van der Waals surface area contributed by atoms with Gasteiger partial charge in [0.2, 0.25) is 5.91 Å². The summed E-state index contributed by atoms with van der Waals surface area (Å²) < 4.78 is 7.85. The molecule has 1 unspecified atom stereocenters. The number of pyridine rings is 1. The van der Waals surface area contributed by atoms with Crippen molar-refractivity contribution < 1.29 is 14.3 Å². The fraction of sp³-hybridized carbons (Fsp3) is 0.333. The van der Waals surface area contributed by atoms with Crippen molar-refractivity contribution >= 4 is 29.0 Å². The first-order valence-corrected chi connectivity index (χ1v) is 14.0. The SMILES string of the molecule is CNC(=O)c1nnc(NC(=O)C2CC2)cc1Nc1cccc(-c2cnn(C3CN(C(C)c4ccccn4)C3)c2)c1OC. The molecule has 2 fully saturated rings. The molecule has 1 aliphatic carbocycles. The molecule has 42 heavy (non-hydrogen) atoms. The molecule has 3 N–H and O–H groups in total. The van der Waals surface area contributed by atoms with Crippen molar-refractivity contribution in [2.75, 3.05) is 37.9 Å². The largest absolute Gasteiger partial charge is 0.494 e. The Morgan fingerprint density at radius 3 is 2.62 bits per heavy atom. The molecular formula is C30H33N9O3. The van der Waals surface area contributed by atoms with E-state index in [2.05, 4.69) is 54.1 Å². The van der Waals surface area contributed by atoms with Crippen molar-refractivity contribution in [1.82, 2.24) is 35.2 Å². The molecule has 1 aliphatic heterocycles. The molecule has 4 heterocycles. The number of nitrogens with one attached hydrogen (secondary N) is 3. The summed E-state index contributed by atoms with van der Waals surface area (Å²) in [5.74, 6) is 0.352. The van der Waals surface area contributed by atoms with E-state index >= 15 is 0 Å². The molecule has 2 aliphatic rings. The molecule has 2 amide bonds. The lowest BCUT2D eigenvalue weighted by Crippen LogP contribution is -2.48. The van der Waals surface area contributed by atoms with Crippen molar-refractivity contribution in [3.05, 3.63) is 72.4 Å². The number of carbonyl (C=O) groups is 2. The Kier molecular flexibility index (Phi) is 7.53. The van der Waals surface area contributed by atoms with E-state index < -0.39 is 5.91 Å². The summed E-state index contributed by atoms with van der Waals surface area (Å²) in [4.78, 5) is 31.8. The van der Waals surface area contributed by atoms with Gasteiger partial charge in [-0.25, -0.2) is 0 Å². The predicted molar refractivity (Wildman–Crippen MR) is 158 cm³/mol. The number of nitrogens with zero attached hydrogens (tertiary/aromatic N) is 6. The zero-order chi connectivity index (χ0) is 29.2. The topological polar surface area (TPSA) is 139 Å². The van der Waals surface area contributed by atoms with Crippen LogP contribution >= 0.6 is 0 Å². The number of methoxy groups -OCH3 is 1. The van der Waals surface area contributed by atoms with Crippen molar-refractivity contribution in [2.45, 2.75) is 31.8 Å². The molecule has 0 radical (unpaired) electrons. The zero-order valence-electron chi connectivity index (χ0n) is 23.7. The fourth-order valence-electron chi connectivity index (χ4n) is 5.09. The first-order valence-electron chi connectivity index (χ1n) is 14.0. The van der Waals surface area contributed by atoms with Crippen molar-refractivity contribution in [1.29, 1.82) is 0 Å². The molecule has 1 aromatic carbocycles. The summed E-state index contributed by atoms with van der Waals surface area (Å²) in [7, 11) is 3.12. The average molecular weight is 568 g/mol. The quantitative estimate of drug-likeness (QED) is 0.261. The molecule has 1 saturated carbocycles. The number of rotatable bonds is 10. The Hall–Kier alpha value is -4.84. The minimum atomic E-state index is -0.409. The number of hydrogen-bond acceptors (Lipinski definition) is 9. The van der Waals surface area contributed by atoms with E-state index in [9.17, 15) is 9.59 Å². The van der Waals surface area contributed by atoms with Gasteiger partial charge in [-0.1, -0.05) is 18.2 Å². The van der Waals surface area contributed by atoms with E-state index in [0.717, 1.165) is 42.8 Å². The minimum absolute atomic E-state index is 0.00629. The van der Waals surface area contributed by atoms with Crippen LogP contribution in [0.2, 0.25) is 0 Å². The Morgan fingerprint density at radius 2 is 1.90 bits per heavy atom. The lowest BCUT2D eigenvalue weighted by Gasteiger charge is -2.42. The van der Waals surface area contributed by atoms with Gasteiger partial charge in [0.05, 0.1) is 36.4 Å². The van der Waals surface area contributed by atoms with Gasteiger partial charge in [0.15, 0.2) is 11.5 Å². The smallest absolute Gasteiger partial charge is 0.273 e. The van der Waals surface area contributed by atoms with Gasteiger partial charge in [-0.15, -0.1) is 10.2 Å². The van der Waals surface area contributed by atoms with Gasteiger partial charge in [-0.05, 0) is 38.0 Å². The molecule has 0 spiro atoms. The van der Waals surface area contributed by atoms with Crippen LogP contribution in [0.15, 0.2) is 61.1 Å². The van der Waals surface area contributed by atoms with Crippen LogP contribution in [-0.4, -0.2) is 68.9 Å². The van der Waals surface area contributed by atoms with Crippen molar-refractivity contribution in [2.24, 2.45) is 5.92 Å². The average Bonchev–Trinajstić information content (AvgIpc) is 3.74. The van der Waals surface area contributed by atoms with Crippen LogP contribution in [0.1, 0.15) is 48.0 Å². The number of likely N-dealkylation sites (tertiary alicyclic amines) is 1. The number of aromatic nitrogens is 5. The van der Waals surface area contributed by atoms with E-state index in [-0.39, 0.29) is 35.4 Å². The Labute approximate surface area is 243 Å². The van der Waals surface area contributed by atoms with Crippen LogP contribution < -0.4 is 20.7 Å². The predicted octanol–water partition coefficient (Wildman–Crippen LogP) is 3.81. The van der Waals surface area contributed by atoms with Crippen LogP contribution in [0.5, 0.6) is 5.75 Å². The number of benzene rings is 1. The Balaban J connectivity index is 1.22. The van der Waals surface area contributed by atoms with Crippen LogP contribution in [0.25, 0.3) is 11.1 Å². The number of hydrogen-bond donors (Lipinski definition) is 3. The summed E-state index contributed by atoms with van der Waals surface area (Å²) in [5, 5.41) is 21.5. The summed E-state index contributed by atoms with van der Waals surface area (Å²) in [6, 6.07) is 13.8. The molecule has 6 rings (SSSR count). The lowest BCUT2D eigenvalue weighted by molar-refractivity contribution is -0.117. The molecular weight excluding hydrogens is 534 g/mol. The Bertz CT molecular complexity index is 1600. The molecule has 1 saturated heterocycles. The van der Waals surface area contributed by atoms with E-state index in [1.165, 1.54) is 7.05 Å².